The van der Waals surface area contributed by atoms with Gasteiger partial charge in [-0.05, 0) is 30.2 Å². The minimum Gasteiger partial charge on any atom is -0.373 e. The smallest absolute Gasteiger partial charge is 0.0818 e. The molecule has 0 bridgehead atoms. The lowest BCUT2D eigenvalue weighted by molar-refractivity contribution is 0.375. The Balaban J connectivity index is 1.82. The van der Waals surface area contributed by atoms with Crippen molar-refractivity contribution in [1.29, 1.82) is 0 Å². The average Bonchev–Trinajstić information content (AvgIpc) is 3.05. The summed E-state index contributed by atoms with van der Waals surface area (Å²) in [5.74, 6) is 0. The Labute approximate surface area is 78.7 Å². The lowest BCUT2D eigenvalue weighted by Crippen LogP contribution is -2.09. The van der Waals surface area contributed by atoms with E-state index in [1.54, 1.807) is 0 Å². The summed E-state index contributed by atoms with van der Waals surface area (Å²) in [7, 11) is 0. The molecule has 2 aliphatic rings. The van der Waals surface area contributed by atoms with Crippen molar-refractivity contribution >= 4 is 0 Å². The predicted octanol–water partition coefficient (Wildman–Crippen LogP) is 2.51. The fourth-order valence-electron chi connectivity index (χ4n) is 2.17. The summed E-state index contributed by atoms with van der Waals surface area (Å²) in [5.41, 5.74) is 2.02. The predicted molar refractivity (Wildman–Crippen MR) is 51.7 cm³/mol. The van der Waals surface area contributed by atoms with Gasteiger partial charge in [-0.2, -0.15) is 0 Å². The van der Waals surface area contributed by atoms with Crippen LogP contribution in [0, 0.1) is 0 Å². The van der Waals surface area contributed by atoms with E-state index >= 15 is 0 Å². The van der Waals surface area contributed by atoms with E-state index in [4.69, 9.17) is 4.74 Å². The summed E-state index contributed by atoms with van der Waals surface area (Å²) in [6.07, 6.45) is 4.54. The van der Waals surface area contributed by atoms with Crippen molar-refractivity contribution in [2.75, 3.05) is 6.61 Å². The summed E-state index contributed by atoms with van der Waals surface area (Å²) in [4.78, 5) is 0. The molecule has 1 aromatic carbocycles. The van der Waals surface area contributed by atoms with Gasteiger partial charge < -0.3 is 4.74 Å². The topological polar surface area (TPSA) is 12.5 Å². The molecular weight excluding hydrogens is 160 g/mol. The molecule has 13 heavy (non-hydrogen) atoms. The van der Waals surface area contributed by atoms with Gasteiger partial charge in [0.05, 0.1) is 12.7 Å². The van der Waals surface area contributed by atoms with Crippen molar-refractivity contribution < 1.29 is 4.74 Å². The lowest BCUT2D eigenvalue weighted by atomic mass is 9.91. The van der Waals surface area contributed by atoms with Crippen LogP contribution in [0.5, 0.6) is 0 Å². The first kappa shape index (κ1) is 7.57. The standard InChI is InChI=1S/C12H14O/c1-2-4-10(5-3-1)12(6-7-12)8-11-9-13-11/h1-5,11H,6-9H2. The van der Waals surface area contributed by atoms with E-state index in [0.717, 1.165) is 6.61 Å². The SMILES string of the molecule is c1ccc(C2(CC3CO3)CC2)cc1. The van der Waals surface area contributed by atoms with Crippen LogP contribution in [-0.2, 0) is 10.2 Å². The van der Waals surface area contributed by atoms with E-state index in [9.17, 15) is 0 Å². The highest BCUT2D eigenvalue weighted by Crippen LogP contribution is 2.53. The fraction of sp³-hybridized carbons (Fsp3) is 0.500. The van der Waals surface area contributed by atoms with Crippen LogP contribution in [0.25, 0.3) is 0 Å². The van der Waals surface area contributed by atoms with Gasteiger partial charge in [0.25, 0.3) is 0 Å². The molecular formula is C12H14O. The molecule has 1 saturated heterocycles. The van der Waals surface area contributed by atoms with Gasteiger partial charge in [-0.15, -0.1) is 0 Å². The van der Waals surface area contributed by atoms with Crippen molar-refractivity contribution in [3.63, 3.8) is 0 Å². The molecule has 1 aliphatic heterocycles. The van der Waals surface area contributed by atoms with Gasteiger partial charge in [-0.25, -0.2) is 0 Å². The van der Waals surface area contributed by atoms with Crippen molar-refractivity contribution in [2.24, 2.45) is 0 Å². The zero-order chi connectivity index (χ0) is 8.73. The highest BCUT2D eigenvalue weighted by atomic mass is 16.6. The van der Waals surface area contributed by atoms with Gasteiger partial charge in [0, 0.05) is 0 Å². The van der Waals surface area contributed by atoms with Crippen LogP contribution in [0.2, 0.25) is 0 Å². The van der Waals surface area contributed by atoms with E-state index in [2.05, 4.69) is 30.3 Å². The molecule has 1 unspecified atom stereocenters. The maximum atomic E-state index is 5.31. The van der Waals surface area contributed by atoms with E-state index in [0.29, 0.717) is 11.5 Å². The molecule has 0 spiro atoms. The number of hydrogen-bond donors (Lipinski definition) is 0. The molecule has 68 valence electrons. The summed E-state index contributed by atoms with van der Waals surface area (Å²) >= 11 is 0. The Morgan fingerprint density at radius 3 is 2.46 bits per heavy atom. The molecule has 1 aliphatic carbocycles. The van der Waals surface area contributed by atoms with Crippen LogP contribution in [0.3, 0.4) is 0 Å². The summed E-state index contributed by atoms with van der Waals surface area (Å²) in [5, 5.41) is 0. The molecule has 0 radical (unpaired) electrons. The van der Waals surface area contributed by atoms with Crippen LogP contribution in [0.15, 0.2) is 30.3 Å². The third kappa shape index (κ3) is 1.37. The second-order valence-electron chi connectivity index (χ2n) is 4.31. The molecule has 1 saturated carbocycles. The van der Waals surface area contributed by atoms with E-state index in [-0.39, 0.29) is 0 Å². The number of benzene rings is 1. The van der Waals surface area contributed by atoms with E-state index in [1.165, 1.54) is 24.8 Å². The van der Waals surface area contributed by atoms with Gasteiger partial charge in [0.2, 0.25) is 0 Å². The fourth-order valence-corrected chi connectivity index (χ4v) is 2.17. The third-order valence-electron chi connectivity index (χ3n) is 3.26. The maximum Gasteiger partial charge on any atom is 0.0818 e. The quantitative estimate of drug-likeness (QED) is 0.641. The summed E-state index contributed by atoms with van der Waals surface area (Å²) < 4.78 is 5.31. The summed E-state index contributed by atoms with van der Waals surface area (Å²) in [6, 6.07) is 10.9. The summed E-state index contributed by atoms with van der Waals surface area (Å²) in [6.45, 7) is 0.995. The number of ether oxygens (including phenoxy) is 1. The second-order valence-corrected chi connectivity index (χ2v) is 4.31. The minimum absolute atomic E-state index is 0.502. The first-order valence-electron chi connectivity index (χ1n) is 5.06. The van der Waals surface area contributed by atoms with Gasteiger partial charge in [0.1, 0.15) is 0 Å². The molecule has 1 heterocycles. The Hall–Kier alpha value is -0.820. The Morgan fingerprint density at radius 1 is 1.23 bits per heavy atom. The normalized spacial score (nSPS) is 28.5. The minimum atomic E-state index is 0.502. The van der Waals surface area contributed by atoms with Gasteiger partial charge in [-0.3, -0.25) is 0 Å². The maximum absolute atomic E-state index is 5.31. The molecule has 1 aromatic rings. The Bertz CT molecular complexity index is 296. The highest BCUT2D eigenvalue weighted by molar-refractivity contribution is 5.31. The molecule has 0 N–H and O–H groups in total. The van der Waals surface area contributed by atoms with Crippen LogP contribution in [0.1, 0.15) is 24.8 Å². The zero-order valence-corrected chi connectivity index (χ0v) is 7.70. The first-order valence-corrected chi connectivity index (χ1v) is 5.06. The zero-order valence-electron chi connectivity index (χ0n) is 7.70. The van der Waals surface area contributed by atoms with Crippen LogP contribution in [0.4, 0.5) is 0 Å². The van der Waals surface area contributed by atoms with Gasteiger partial charge >= 0.3 is 0 Å². The van der Waals surface area contributed by atoms with Crippen molar-refractivity contribution in [3.05, 3.63) is 35.9 Å². The van der Waals surface area contributed by atoms with Gasteiger partial charge in [0.15, 0.2) is 0 Å². The largest absolute Gasteiger partial charge is 0.373 e. The van der Waals surface area contributed by atoms with E-state index in [1.807, 2.05) is 0 Å². The molecule has 1 nitrogen and oxygen atoms in total. The first-order chi connectivity index (χ1) is 6.39. The lowest BCUT2D eigenvalue weighted by Gasteiger charge is -2.13. The highest BCUT2D eigenvalue weighted by Gasteiger charge is 2.47. The molecule has 1 heteroatoms. The number of epoxide rings is 1. The Kier molecular flexibility index (Phi) is 1.50. The molecule has 0 aromatic heterocycles. The van der Waals surface area contributed by atoms with Gasteiger partial charge in [-0.1, -0.05) is 30.3 Å². The van der Waals surface area contributed by atoms with Crippen molar-refractivity contribution in [2.45, 2.75) is 30.8 Å². The number of hydrogen-bond acceptors (Lipinski definition) is 1. The average molecular weight is 174 g/mol. The molecule has 0 amide bonds. The monoisotopic (exact) mass is 174 g/mol. The molecule has 2 fully saturated rings. The third-order valence-corrected chi connectivity index (χ3v) is 3.26. The number of rotatable bonds is 3. The van der Waals surface area contributed by atoms with Crippen LogP contribution >= 0.6 is 0 Å². The second kappa shape index (κ2) is 2.58. The van der Waals surface area contributed by atoms with E-state index < -0.39 is 0 Å². The van der Waals surface area contributed by atoms with Crippen LogP contribution in [-0.4, -0.2) is 12.7 Å². The van der Waals surface area contributed by atoms with Crippen LogP contribution < -0.4 is 0 Å². The van der Waals surface area contributed by atoms with Crippen molar-refractivity contribution in [1.82, 2.24) is 0 Å². The molecule has 3 rings (SSSR count). The molecule has 1 atom stereocenters. The Morgan fingerprint density at radius 2 is 1.92 bits per heavy atom. The van der Waals surface area contributed by atoms with Crippen molar-refractivity contribution in [3.8, 4) is 0 Å².